The van der Waals surface area contributed by atoms with E-state index in [4.69, 9.17) is 4.52 Å². The molecule has 0 unspecified atom stereocenters. The van der Waals surface area contributed by atoms with Gasteiger partial charge in [-0.3, -0.25) is 0 Å². The van der Waals surface area contributed by atoms with E-state index >= 15 is 0 Å². The maximum absolute atomic E-state index is 12.9. The number of nitrogens with zero attached hydrogens (tertiary/aromatic N) is 2. The quantitative estimate of drug-likeness (QED) is 0.895. The molecule has 2 atom stereocenters. The molecule has 1 aliphatic carbocycles. The molecule has 1 fully saturated rings. The molecule has 2 aromatic rings. The van der Waals surface area contributed by atoms with Gasteiger partial charge in [0.15, 0.2) is 5.82 Å². The molecule has 0 amide bonds. The molecule has 0 bridgehead atoms. The van der Waals surface area contributed by atoms with Crippen molar-refractivity contribution >= 4 is 0 Å². The third kappa shape index (κ3) is 3.72. The van der Waals surface area contributed by atoms with Gasteiger partial charge in [0, 0.05) is 13.0 Å². The lowest BCUT2D eigenvalue weighted by molar-refractivity contribution is -0.137. The van der Waals surface area contributed by atoms with E-state index in [0.717, 1.165) is 18.9 Å². The zero-order valence-corrected chi connectivity index (χ0v) is 12.9. The molecular weight excluding hydrogens is 307 g/mol. The highest BCUT2D eigenvalue weighted by atomic mass is 19.4. The van der Waals surface area contributed by atoms with Crippen LogP contribution in [0.25, 0.3) is 0 Å². The Bertz CT molecular complexity index is 679. The van der Waals surface area contributed by atoms with Gasteiger partial charge in [-0.2, -0.15) is 18.2 Å². The van der Waals surface area contributed by atoms with Gasteiger partial charge in [0.1, 0.15) is 0 Å². The van der Waals surface area contributed by atoms with Crippen LogP contribution in [-0.4, -0.2) is 10.1 Å². The molecule has 1 aliphatic rings. The summed E-state index contributed by atoms with van der Waals surface area (Å²) in [7, 11) is 0. The molecule has 0 aliphatic heterocycles. The van der Waals surface area contributed by atoms with Crippen molar-refractivity contribution in [3.05, 3.63) is 47.1 Å². The summed E-state index contributed by atoms with van der Waals surface area (Å²) in [4.78, 5) is 4.17. The van der Waals surface area contributed by atoms with Gasteiger partial charge in [-0.25, -0.2) is 0 Å². The van der Waals surface area contributed by atoms with Crippen molar-refractivity contribution in [1.82, 2.24) is 15.5 Å². The number of rotatable bonds is 5. The second-order valence-corrected chi connectivity index (χ2v) is 6.00. The summed E-state index contributed by atoms with van der Waals surface area (Å²) in [6, 6.07) is 5.17. The highest BCUT2D eigenvalue weighted by Crippen LogP contribution is 2.43. The summed E-state index contributed by atoms with van der Waals surface area (Å²) in [6.45, 7) is 3.58. The molecule has 1 heterocycles. The number of hydrogen-bond acceptors (Lipinski definition) is 4. The van der Waals surface area contributed by atoms with E-state index in [-0.39, 0.29) is 12.1 Å². The Kier molecular flexibility index (Phi) is 4.14. The van der Waals surface area contributed by atoms with Crippen molar-refractivity contribution in [2.75, 3.05) is 0 Å². The summed E-state index contributed by atoms with van der Waals surface area (Å²) in [5.41, 5.74) is 0.0277. The minimum absolute atomic E-state index is 0.147. The Morgan fingerprint density at radius 1 is 1.30 bits per heavy atom. The Morgan fingerprint density at radius 2 is 2.04 bits per heavy atom. The van der Waals surface area contributed by atoms with Crippen LogP contribution in [0.4, 0.5) is 13.2 Å². The molecule has 23 heavy (non-hydrogen) atoms. The van der Waals surface area contributed by atoms with Crippen LogP contribution in [-0.2, 0) is 6.18 Å². The zero-order valence-electron chi connectivity index (χ0n) is 12.9. The molecule has 0 radical (unpaired) electrons. The van der Waals surface area contributed by atoms with Crippen molar-refractivity contribution in [2.24, 2.45) is 5.92 Å². The summed E-state index contributed by atoms with van der Waals surface area (Å²) in [5.74, 6) is 1.32. The van der Waals surface area contributed by atoms with Crippen LogP contribution in [0.1, 0.15) is 54.7 Å². The summed E-state index contributed by atoms with van der Waals surface area (Å²) >= 11 is 0. The smallest absolute Gasteiger partial charge is 0.340 e. The van der Waals surface area contributed by atoms with E-state index in [2.05, 4.69) is 15.5 Å². The maximum Gasteiger partial charge on any atom is 0.416 e. The number of aryl methyl sites for hydroxylation is 1. The Labute approximate surface area is 132 Å². The zero-order chi connectivity index (χ0) is 16.6. The van der Waals surface area contributed by atoms with Crippen LogP contribution in [0.5, 0.6) is 0 Å². The van der Waals surface area contributed by atoms with E-state index in [9.17, 15) is 13.2 Å². The topological polar surface area (TPSA) is 51.0 Å². The van der Waals surface area contributed by atoms with E-state index < -0.39 is 11.7 Å². The van der Waals surface area contributed by atoms with Crippen LogP contribution < -0.4 is 5.32 Å². The molecule has 1 aromatic carbocycles. The summed E-state index contributed by atoms with van der Waals surface area (Å²) < 4.78 is 43.7. The van der Waals surface area contributed by atoms with Crippen LogP contribution in [0.2, 0.25) is 0 Å². The Morgan fingerprint density at radius 3 is 2.61 bits per heavy atom. The third-order valence-corrected chi connectivity index (χ3v) is 4.03. The average molecular weight is 325 g/mol. The van der Waals surface area contributed by atoms with Crippen LogP contribution in [0, 0.1) is 12.8 Å². The molecule has 3 rings (SSSR count). The molecule has 1 aromatic heterocycles. The number of nitrogens with one attached hydrogen (secondary N) is 1. The largest absolute Gasteiger partial charge is 0.416 e. The first-order chi connectivity index (χ1) is 10.8. The molecule has 7 heteroatoms. The highest BCUT2D eigenvalue weighted by molar-refractivity contribution is 5.29. The fourth-order valence-corrected chi connectivity index (χ4v) is 2.68. The number of halogens is 3. The van der Waals surface area contributed by atoms with Gasteiger partial charge in [-0.05, 0) is 43.4 Å². The number of alkyl halides is 3. The Balaban J connectivity index is 1.82. The summed E-state index contributed by atoms with van der Waals surface area (Å²) in [5, 5.41) is 7.22. The maximum atomic E-state index is 12.9. The fourth-order valence-electron chi connectivity index (χ4n) is 2.68. The molecule has 0 spiro atoms. The lowest BCUT2D eigenvalue weighted by Crippen LogP contribution is -2.27. The molecule has 1 N–H and O–H groups in total. The van der Waals surface area contributed by atoms with Gasteiger partial charge in [-0.1, -0.05) is 17.3 Å². The second kappa shape index (κ2) is 5.96. The first-order valence-corrected chi connectivity index (χ1v) is 7.58. The Hall–Kier alpha value is -1.89. The second-order valence-electron chi connectivity index (χ2n) is 6.00. The lowest BCUT2D eigenvalue weighted by atomic mass is 9.99. The molecule has 1 saturated carbocycles. The van der Waals surface area contributed by atoms with Gasteiger partial charge in [0.25, 0.3) is 0 Å². The first-order valence-electron chi connectivity index (χ1n) is 7.58. The normalized spacial score (nSPS) is 18.0. The van der Waals surface area contributed by atoms with Crippen molar-refractivity contribution in [1.29, 1.82) is 0 Å². The third-order valence-electron chi connectivity index (χ3n) is 4.03. The summed E-state index contributed by atoms with van der Waals surface area (Å²) in [6.07, 6.45) is -2.32. The van der Waals surface area contributed by atoms with Gasteiger partial charge in [0.05, 0.1) is 11.6 Å². The van der Waals surface area contributed by atoms with Crippen molar-refractivity contribution in [3.8, 4) is 0 Å². The number of aromatic nitrogens is 2. The molecular formula is C16H18F3N3O. The number of benzene rings is 1. The SMILES string of the molecule is Cc1nc([C@H](C)N[C@@H](c2cccc(C(F)(F)F)c2)C2CC2)no1. The molecule has 124 valence electrons. The van der Waals surface area contributed by atoms with Crippen LogP contribution >= 0.6 is 0 Å². The fraction of sp³-hybridized carbons (Fsp3) is 0.500. The monoisotopic (exact) mass is 325 g/mol. The predicted octanol–water partition coefficient (Wildman–Crippen LogP) is 4.20. The van der Waals surface area contributed by atoms with Gasteiger partial charge >= 0.3 is 6.18 Å². The minimum atomic E-state index is -4.33. The van der Waals surface area contributed by atoms with Crippen molar-refractivity contribution in [3.63, 3.8) is 0 Å². The van der Waals surface area contributed by atoms with E-state index in [1.54, 1.807) is 13.0 Å². The van der Waals surface area contributed by atoms with Gasteiger partial charge in [0.2, 0.25) is 5.89 Å². The van der Waals surface area contributed by atoms with Gasteiger partial charge in [-0.15, -0.1) is 0 Å². The lowest BCUT2D eigenvalue weighted by Gasteiger charge is -2.23. The standard InChI is InChI=1S/C16H18F3N3O/c1-9(15-21-10(2)23-22-15)20-14(11-6-7-11)12-4-3-5-13(8-12)16(17,18)19/h3-5,8-9,11,14,20H,6-7H2,1-2H3/t9-,14+/m0/s1. The van der Waals surface area contributed by atoms with Crippen molar-refractivity contribution < 1.29 is 17.7 Å². The highest BCUT2D eigenvalue weighted by Gasteiger charge is 2.36. The first kappa shape index (κ1) is 16.0. The molecule has 4 nitrogen and oxygen atoms in total. The van der Waals surface area contributed by atoms with Crippen LogP contribution in [0.15, 0.2) is 28.8 Å². The van der Waals surface area contributed by atoms with Crippen LogP contribution in [0.3, 0.4) is 0 Å². The van der Waals surface area contributed by atoms with E-state index in [1.165, 1.54) is 12.1 Å². The minimum Gasteiger partial charge on any atom is -0.340 e. The van der Waals surface area contributed by atoms with Crippen molar-refractivity contribution in [2.45, 2.75) is 44.9 Å². The number of hydrogen-bond donors (Lipinski definition) is 1. The van der Waals surface area contributed by atoms with E-state index in [0.29, 0.717) is 23.2 Å². The van der Waals surface area contributed by atoms with E-state index in [1.807, 2.05) is 6.92 Å². The average Bonchev–Trinajstić information content (AvgIpc) is 3.24. The predicted molar refractivity (Wildman–Crippen MR) is 77.5 cm³/mol. The van der Waals surface area contributed by atoms with Gasteiger partial charge < -0.3 is 9.84 Å². The molecule has 0 saturated heterocycles.